The van der Waals surface area contributed by atoms with Crippen LogP contribution in [0.15, 0.2) is 30.5 Å². The quantitative estimate of drug-likeness (QED) is 0.825. The van der Waals surface area contributed by atoms with Crippen molar-refractivity contribution < 1.29 is 9.47 Å². The molecule has 2 aliphatic rings. The highest BCUT2D eigenvalue weighted by molar-refractivity contribution is 5.83. The Morgan fingerprint density at radius 2 is 2.05 bits per heavy atom. The molecule has 1 aromatic carbocycles. The molecule has 4 nitrogen and oxygen atoms in total. The summed E-state index contributed by atoms with van der Waals surface area (Å²) >= 11 is 0. The van der Waals surface area contributed by atoms with Crippen molar-refractivity contribution in [3.63, 3.8) is 0 Å². The minimum absolute atomic E-state index is 0.0919. The van der Waals surface area contributed by atoms with Crippen LogP contribution in [-0.4, -0.2) is 29.5 Å². The molecule has 2 N–H and O–H groups in total. The second kappa shape index (κ2) is 3.82. The van der Waals surface area contributed by atoms with Crippen molar-refractivity contribution in [1.29, 1.82) is 0 Å². The number of fused-ring (bicyclic) bond motifs is 2. The Morgan fingerprint density at radius 3 is 2.95 bits per heavy atom. The van der Waals surface area contributed by atoms with Crippen molar-refractivity contribution in [3.05, 3.63) is 36.0 Å². The molecule has 2 fully saturated rings. The normalized spacial score (nSPS) is 32.8. The average Bonchev–Trinajstić information content (AvgIpc) is 3.00. The first-order valence-corrected chi connectivity index (χ1v) is 6.79. The van der Waals surface area contributed by atoms with E-state index >= 15 is 0 Å². The maximum absolute atomic E-state index is 6.06. The zero-order valence-electron chi connectivity index (χ0n) is 11.1. The molecular weight excluding hydrogens is 240 g/mol. The van der Waals surface area contributed by atoms with E-state index in [9.17, 15) is 0 Å². The number of hydrogen-bond acceptors (Lipinski definition) is 3. The van der Waals surface area contributed by atoms with Gasteiger partial charge in [0.2, 0.25) is 0 Å². The van der Waals surface area contributed by atoms with Gasteiger partial charge < -0.3 is 19.8 Å². The maximum Gasteiger partial charge on any atom is 0.163 e. The van der Waals surface area contributed by atoms with Gasteiger partial charge >= 0.3 is 0 Å². The number of benzene rings is 1. The van der Waals surface area contributed by atoms with Crippen LogP contribution >= 0.6 is 0 Å². The molecule has 0 radical (unpaired) electrons. The molecule has 0 aliphatic carbocycles. The van der Waals surface area contributed by atoms with Gasteiger partial charge in [-0.1, -0.05) is 18.2 Å². The molecule has 0 saturated carbocycles. The van der Waals surface area contributed by atoms with Gasteiger partial charge in [-0.3, -0.25) is 0 Å². The zero-order valence-corrected chi connectivity index (χ0v) is 11.1. The standard InChI is InChI=1S/C15H18N2O2/c1-15(2)18-12-8-17-13(14(12)19-15)10-7-16-11-6-4-3-5-9(10)11/h3-7,12-14,16-17H,8H2,1-2H3/t12-,13+,14-/m1/s1. The Morgan fingerprint density at radius 1 is 1.21 bits per heavy atom. The van der Waals surface area contributed by atoms with Crippen molar-refractivity contribution in [2.24, 2.45) is 0 Å². The van der Waals surface area contributed by atoms with Gasteiger partial charge in [-0.05, 0) is 25.5 Å². The van der Waals surface area contributed by atoms with E-state index < -0.39 is 5.79 Å². The Labute approximate surface area is 112 Å². The number of nitrogens with one attached hydrogen (secondary N) is 2. The largest absolute Gasteiger partial charge is 0.361 e. The lowest BCUT2D eigenvalue weighted by molar-refractivity contribution is -0.153. The average molecular weight is 258 g/mol. The Hall–Kier alpha value is -1.36. The van der Waals surface area contributed by atoms with E-state index in [1.807, 2.05) is 19.9 Å². The van der Waals surface area contributed by atoms with E-state index in [4.69, 9.17) is 9.47 Å². The highest BCUT2D eigenvalue weighted by Crippen LogP contribution is 2.40. The Kier molecular flexibility index (Phi) is 2.31. The summed E-state index contributed by atoms with van der Waals surface area (Å²) in [7, 11) is 0. The van der Waals surface area contributed by atoms with Gasteiger partial charge in [0.05, 0.1) is 6.04 Å². The molecule has 4 rings (SSSR count). The third-order valence-corrected chi connectivity index (χ3v) is 4.05. The van der Waals surface area contributed by atoms with Gasteiger partial charge in [0, 0.05) is 23.6 Å². The van der Waals surface area contributed by atoms with Crippen molar-refractivity contribution in [1.82, 2.24) is 10.3 Å². The summed E-state index contributed by atoms with van der Waals surface area (Å²) in [6.45, 7) is 4.81. The van der Waals surface area contributed by atoms with Crippen LogP contribution in [0.3, 0.4) is 0 Å². The molecule has 2 saturated heterocycles. The predicted octanol–water partition coefficient (Wildman–Crippen LogP) is 2.33. The van der Waals surface area contributed by atoms with E-state index in [1.54, 1.807) is 0 Å². The number of rotatable bonds is 1. The number of ether oxygens (including phenoxy) is 2. The smallest absolute Gasteiger partial charge is 0.163 e. The molecule has 2 aliphatic heterocycles. The Balaban J connectivity index is 1.73. The lowest BCUT2D eigenvalue weighted by atomic mass is 10.0. The first-order valence-electron chi connectivity index (χ1n) is 6.79. The van der Waals surface area contributed by atoms with Crippen molar-refractivity contribution in [3.8, 4) is 0 Å². The molecule has 3 heterocycles. The second-order valence-corrected chi connectivity index (χ2v) is 5.81. The fraction of sp³-hybridized carbons (Fsp3) is 0.467. The van der Waals surface area contributed by atoms with Crippen LogP contribution in [0.2, 0.25) is 0 Å². The van der Waals surface area contributed by atoms with Crippen LogP contribution in [0, 0.1) is 0 Å². The zero-order chi connectivity index (χ0) is 13.0. The van der Waals surface area contributed by atoms with Gasteiger partial charge in [-0.25, -0.2) is 0 Å². The SMILES string of the molecule is CC1(C)O[C@@H]2[C@@H](CN[C@H]2c2c[nH]c3ccccc23)O1. The monoisotopic (exact) mass is 258 g/mol. The van der Waals surface area contributed by atoms with Crippen LogP contribution in [0.5, 0.6) is 0 Å². The minimum atomic E-state index is -0.470. The molecule has 0 bridgehead atoms. The molecule has 3 atom stereocenters. The molecular formula is C15H18N2O2. The fourth-order valence-electron chi connectivity index (χ4n) is 3.30. The summed E-state index contributed by atoms with van der Waals surface area (Å²) in [5.74, 6) is -0.470. The predicted molar refractivity (Wildman–Crippen MR) is 72.9 cm³/mol. The van der Waals surface area contributed by atoms with Gasteiger partial charge in [0.25, 0.3) is 0 Å². The molecule has 2 aromatic rings. The van der Waals surface area contributed by atoms with Crippen LogP contribution in [0.4, 0.5) is 0 Å². The van der Waals surface area contributed by atoms with E-state index in [0.717, 1.165) is 6.54 Å². The summed E-state index contributed by atoms with van der Waals surface area (Å²) in [5, 5.41) is 4.78. The summed E-state index contributed by atoms with van der Waals surface area (Å²) in [4.78, 5) is 3.33. The molecule has 100 valence electrons. The molecule has 19 heavy (non-hydrogen) atoms. The first kappa shape index (κ1) is 11.5. The van der Waals surface area contributed by atoms with Crippen LogP contribution in [0.25, 0.3) is 10.9 Å². The number of H-pyrrole nitrogens is 1. The second-order valence-electron chi connectivity index (χ2n) is 5.81. The minimum Gasteiger partial charge on any atom is -0.361 e. The topological polar surface area (TPSA) is 46.3 Å². The third kappa shape index (κ3) is 1.71. The van der Waals surface area contributed by atoms with Crippen LogP contribution in [-0.2, 0) is 9.47 Å². The van der Waals surface area contributed by atoms with Crippen molar-refractivity contribution >= 4 is 10.9 Å². The fourth-order valence-corrected chi connectivity index (χ4v) is 3.30. The molecule has 0 spiro atoms. The number of aromatic nitrogens is 1. The first-order chi connectivity index (χ1) is 9.14. The van der Waals surface area contributed by atoms with Gasteiger partial charge in [-0.15, -0.1) is 0 Å². The van der Waals surface area contributed by atoms with E-state index in [1.165, 1.54) is 16.5 Å². The molecule has 4 heteroatoms. The van der Waals surface area contributed by atoms with Gasteiger partial charge in [0.15, 0.2) is 5.79 Å². The lowest BCUT2D eigenvalue weighted by Crippen LogP contribution is -2.29. The third-order valence-electron chi connectivity index (χ3n) is 4.05. The molecule has 0 unspecified atom stereocenters. The van der Waals surface area contributed by atoms with Crippen molar-refractivity contribution in [2.45, 2.75) is 37.9 Å². The van der Waals surface area contributed by atoms with E-state index in [0.29, 0.717) is 0 Å². The highest BCUT2D eigenvalue weighted by Gasteiger charge is 2.49. The van der Waals surface area contributed by atoms with Crippen LogP contribution < -0.4 is 5.32 Å². The highest BCUT2D eigenvalue weighted by atomic mass is 16.8. The summed E-state index contributed by atoms with van der Waals surface area (Å²) in [6, 6.07) is 8.56. The van der Waals surface area contributed by atoms with E-state index in [-0.39, 0.29) is 18.2 Å². The Bertz CT molecular complexity index is 619. The van der Waals surface area contributed by atoms with Crippen molar-refractivity contribution in [2.75, 3.05) is 6.54 Å². The maximum atomic E-state index is 6.06. The summed E-state index contributed by atoms with van der Waals surface area (Å²) < 4.78 is 12.0. The number of hydrogen-bond donors (Lipinski definition) is 2. The van der Waals surface area contributed by atoms with E-state index in [2.05, 4.69) is 34.7 Å². The summed E-state index contributed by atoms with van der Waals surface area (Å²) in [6.07, 6.45) is 2.32. The molecule has 1 aromatic heterocycles. The summed E-state index contributed by atoms with van der Waals surface area (Å²) in [5.41, 5.74) is 2.44. The van der Waals surface area contributed by atoms with Gasteiger partial charge in [0.1, 0.15) is 12.2 Å². The molecule has 0 amide bonds. The van der Waals surface area contributed by atoms with Gasteiger partial charge in [-0.2, -0.15) is 0 Å². The van der Waals surface area contributed by atoms with Crippen LogP contribution in [0.1, 0.15) is 25.5 Å². The number of para-hydroxylation sites is 1. The lowest BCUT2D eigenvalue weighted by Gasteiger charge is -2.22. The number of aromatic amines is 1.